The number of aromatic nitrogens is 2. The smallest absolute Gasteiger partial charge is 0.326 e. The molecule has 2 atom stereocenters. The number of amides is 4. The number of imide groups is 1. The van der Waals surface area contributed by atoms with E-state index in [2.05, 4.69) is 15.3 Å². The van der Waals surface area contributed by atoms with Crippen LogP contribution in [0.25, 0.3) is 22.4 Å². The molecule has 2 fully saturated rings. The number of piperidine rings is 1. The van der Waals surface area contributed by atoms with E-state index < -0.39 is 35.8 Å². The van der Waals surface area contributed by atoms with Crippen molar-refractivity contribution < 1.29 is 29.0 Å². The molecule has 2 N–H and O–H groups in total. The Bertz CT molecular complexity index is 1670. The van der Waals surface area contributed by atoms with Crippen molar-refractivity contribution in [3.05, 3.63) is 58.3 Å². The van der Waals surface area contributed by atoms with Crippen LogP contribution in [0.1, 0.15) is 25.0 Å². The summed E-state index contributed by atoms with van der Waals surface area (Å²) in [6.07, 6.45) is 3.91. The summed E-state index contributed by atoms with van der Waals surface area (Å²) in [5.74, 6) is -2.87. The third-order valence-electron chi connectivity index (χ3n) is 8.09. The highest BCUT2D eigenvalue weighted by molar-refractivity contribution is 6.39. The van der Waals surface area contributed by atoms with Crippen molar-refractivity contribution in [1.29, 1.82) is 0 Å². The lowest BCUT2D eigenvalue weighted by Crippen LogP contribution is -2.56. The minimum Gasteiger partial charge on any atom is -0.480 e. The number of aliphatic carboxylic acids is 1. The standard InChI is InChI=1S/C31H32Cl2N6O6/c1-37-15-20(29(41)38(2)31(37)44)27(40)35-21-11-7-9-18(26(21)33)17-8-6-10-19(25(17)32)22-14-34-23(28(36-22)45-3)16-39-13-5-4-12-24(39)30(42)43/h6-11,14,20,24H,4-5,12-13,15-16H2,1-3H3,(H,35,40)(H,42,43)/t20?,24-/m0/s1. The number of nitrogens with one attached hydrogen (secondary N) is 1. The second-order valence-electron chi connectivity index (χ2n) is 11.0. The summed E-state index contributed by atoms with van der Waals surface area (Å²) in [4.78, 5) is 62.9. The van der Waals surface area contributed by atoms with Crippen LogP contribution in [0, 0.1) is 5.92 Å². The van der Waals surface area contributed by atoms with E-state index in [0.717, 1.165) is 17.7 Å². The Hall–Kier alpha value is -4.26. The average Bonchev–Trinajstić information content (AvgIpc) is 3.03. The lowest BCUT2D eigenvalue weighted by Gasteiger charge is -2.33. The van der Waals surface area contributed by atoms with Gasteiger partial charge in [0.15, 0.2) is 0 Å². The molecule has 236 valence electrons. The number of ether oxygens (including phenoxy) is 1. The summed E-state index contributed by atoms with van der Waals surface area (Å²) >= 11 is 13.7. The van der Waals surface area contributed by atoms with E-state index in [-0.39, 0.29) is 29.7 Å². The van der Waals surface area contributed by atoms with Crippen LogP contribution in [0.5, 0.6) is 5.88 Å². The van der Waals surface area contributed by atoms with Crippen LogP contribution in [-0.4, -0.2) is 93.9 Å². The molecule has 1 unspecified atom stereocenters. The second kappa shape index (κ2) is 13.4. The van der Waals surface area contributed by atoms with E-state index in [1.165, 1.54) is 26.1 Å². The summed E-state index contributed by atoms with van der Waals surface area (Å²) in [7, 11) is 4.33. The van der Waals surface area contributed by atoms with Crippen LogP contribution >= 0.6 is 23.2 Å². The topological polar surface area (TPSA) is 145 Å². The third-order valence-corrected chi connectivity index (χ3v) is 8.91. The number of carbonyl (C=O) groups excluding carboxylic acids is 3. The van der Waals surface area contributed by atoms with Crippen LogP contribution in [0.4, 0.5) is 10.5 Å². The first-order valence-corrected chi connectivity index (χ1v) is 15.1. The molecular formula is C31H32Cl2N6O6. The highest BCUT2D eigenvalue weighted by Crippen LogP contribution is 2.41. The van der Waals surface area contributed by atoms with Gasteiger partial charge in [-0.3, -0.25) is 29.2 Å². The Morgan fingerprint density at radius 2 is 1.73 bits per heavy atom. The number of carbonyl (C=O) groups is 4. The van der Waals surface area contributed by atoms with Crippen LogP contribution in [0.15, 0.2) is 42.6 Å². The highest BCUT2D eigenvalue weighted by Gasteiger charge is 2.39. The van der Waals surface area contributed by atoms with Crippen LogP contribution in [0.3, 0.4) is 0 Å². The quantitative estimate of drug-likeness (QED) is 0.332. The molecule has 3 aromatic rings. The van der Waals surface area contributed by atoms with Gasteiger partial charge in [0, 0.05) is 43.9 Å². The maximum absolute atomic E-state index is 13.1. The van der Waals surface area contributed by atoms with E-state index in [1.807, 2.05) is 4.90 Å². The van der Waals surface area contributed by atoms with Gasteiger partial charge in [-0.2, -0.15) is 0 Å². The maximum Gasteiger partial charge on any atom is 0.326 e. The fourth-order valence-electron chi connectivity index (χ4n) is 5.65. The van der Waals surface area contributed by atoms with E-state index in [1.54, 1.807) is 42.6 Å². The number of anilines is 1. The Labute approximate surface area is 269 Å². The van der Waals surface area contributed by atoms with E-state index >= 15 is 0 Å². The summed E-state index contributed by atoms with van der Waals surface area (Å²) < 4.78 is 5.55. The predicted octanol–water partition coefficient (Wildman–Crippen LogP) is 4.64. The molecule has 0 bridgehead atoms. The molecule has 14 heteroatoms. The number of hydrogen-bond acceptors (Lipinski definition) is 8. The molecular weight excluding hydrogens is 623 g/mol. The molecule has 12 nitrogen and oxygen atoms in total. The molecule has 0 radical (unpaired) electrons. The zero-order valence-corrected chi connectivity index (χ0v) is 26.4. The molecule has 0 aliphatic carbocycles. The lowest BCUT2D eigenvalue weighted by molar-refractivity contribution is -0.145. The zero-order valence-electron chi connectivity index (χ0n) is 24.9. The normalized spacial score (nSPS) is 19.0. The summed E-state index contributed by atoms with van der Waals surface area (Å²) in [6.45, 7) is 0.869. The molecule has 4 amide bonds. The number of rotatable bonds is 8. The first-order chi connectivity index (χ1) is 21.5. The molecule has 3 heterocycles. The summed E-state index contributed by atoms with van der Waals surface area (Å²) in [5, 5.41) is 12.9. The number of methoxy groups -OCH3 is 1. The van der Waals surface area contributed by atoms with Gasteiger partial charge in [0.25, 0.3) is 0 Å². The highest BCUT2D eigenvalue weighted by atomic mass is 35.5. The van der Waals surface area contributed by atoms with Crippen molar-refractivity contribution in [1.82, 2.24) is 24.7 Å². The van der Waals surface area contributed by atoms with Gasteiger partial charge in [0.2, 0.25) is 17.7 Å². The second-order valence-corrected chi connectivity index (χ2v) is 11.7. The van der Waals surface area contributed by atoms with Crippen molar-refractivity contribution in [3.63, 3.8) is 0 Å². The fraction of sp³-hybridized carbons (Fsp3) is 0.355. The van der Waals surface area contributed by atoms with Crippen molar-refractivity contribution in [2.75, 3.05) is 39.6 Å². The Morgan fingerprint density at radius 3 is 2.44 bits per heavy atom. The van der Waals surface area contributed by atoms with Crippen molar-refractivity contribution in [2.45, 2.75) is 31.8 Å². The van der Waals surface area contributed by atoms with Crippen molar-refractivity contribution in [2.24, 2.45) is 5.92 Å². The van der Waals surface area contributed by atoms with Crippen LogP contribution < -0.4 is 10.1 Å². The molecule has 2 aliphatic rings. The SMILES string of the molecule is COc1nc(-c2cccc(-c3cccc(NC(=O)C4CN(C)C(=O)N(C)C4=O)c3Cl)c2Cl)cnc1CN1CCCC[C@H]1C(=O)O. The predicted molar refractivity (Wildman–Crippen MR) is 168 cm³/mol. The molecule has 45 heavy (non-hydrogen) atoms. The summed E-state index contributed by atoms with van der Waals surface area (Å²) in [6, 6.07) is 9.34. The number of urea groups is 1. The summed E-state index contributed by atoms with van der Waals surface area (Å²) in [5.41, 5.74) is 2.89. The molecule has 2 saturated heterocycles. The zero-order chi connectivity index (χ0) is 32.4. The molecule has 5 rings (SSSR count). The number of hydrogen-bond donors (Lipinski definition) is 2. The molecule has 0 saturated carbocycles. The van der Waals surface area contributed by atoms with Gasteiger partial charge in [0.05, 0.1) is 34.7 Å². The Kier molecular flexibility index (Phi) is 9.56. The maximum atomic E-state index is 13.1. The van der Waals surface area contributed by atoms with Crippen molar-refractivity contribution in [3.8, 4) is 28.3 Å². The van der Waals surface area contributed by atoms with Gasteiger partial charge in [-0.25, -0.2) is 9.78 Å². The van der Waals surface area contributed by atoms with Gasteiger partial charge in [0.1, 0.15) is 17.7 Å². The number of carboxylic acids is 1. The Balaban J connectivity index is 1.41. The largest absolute Gasteiger partial charge is 0.480 e. The van der Waals surface area contributed by atoms with E-state index in [4.69, 9.17) is 27.9 Å². The number of nitrogens with zero attached hydrogens (tertiary/aromatic N) is 5. The minimum atomic E-state index is -1.09. The monoisotopic (exact) mass is 654 g/mol. The molecule has 1 aromatic heterocycles. The number of halogens is 2. The van der Waals surface area contributed by atoms with Gasteiger partial charge in [-0.15, -0.1) is 0 Å². The molecule has 2 aliphatic heterocycles. The van der Waals surface area contributed by atoms with E-state index in [0.29, 0.717) is 46.1 Å². The number of likely N-dealkylation sites (tertiary alicyclic amines) is 1. The minimum absolute atomic E-state index is 0.0551. The van der Waals surface area contributed by atoms with Gasteiger partial charge in [-0.05, 0) is 25.5 Å². The number of benzene rings is 2. The Morgan fingerprint density at radius 1 is 1.04 bits per heavy atom. The van der Waals surface area contributed by atoms with Gasteiger partial charge < -0.3 is 20.1 Å². The fourth-order valence-corrected chi connectivity index (χ4v) is 6.25. The first-order valence-electron chi connectivity index (χ1n) is 14.3. The van der Waals surface area contributed by atoms with Crippen LogP contribution in [0.2, 0.25) is 10.0 Å². The van der Waals surface area contributed by atoms with Crippen molar-refractivity contribution >= 4 is 52.7 Å². The van der Waals surface area contributed by atoms with Crippen LogP contribution in [-0.2, 0) is 20.9 Å². The first kappa shape index (κ1) is 32.1. The third kappa shape index (κ3) is 6.44. The van der Waals surface area contributed by atoms with Gasteiger partial charge in [-0.1, -0.05) is 60.0 Å². The molecule has 2 aromatic carbocycles. The average molecular weight is 656 g/mol. The van der Waals surface area contributed by atoms with E-state index in [9.17, 15) is 24.3 Å². The van der Waals surface area contributed by atoms with Gasteiger partial charge >= 0.3 is 12.0 Å². The number of carboxylic acid groups (broad SMARTS) is 1. The lowest BCUT2D eigenvalue weighted by atomic mass is 10.00. The molecule has 0 spiro atoms.